The number of halogens is 1. The number of hydrogen-bond acceptors (Lipinski definition) is 2. The molecule has 0 aliphatic heterocycles. The molecule has 0 amide bonds. The van der Waals surface area contributed by atoms with Crippen LogP contribution >= 0.6 is 0 Å². The fourth-order valence-corrected chi connectivity index (χ4v) is 3.14. The van der Waals surface area contributed by atoms with E-state index in [-0.39, 0.29) is 17.6 Å². The van der Waals surface area contributed by atoms with Gasteiger partial charge in [-0.1, -0.05) is 25.8 Å². The molecule has 23 heavy (non-hydrogen) atoms. The quantitative estimate of drug-likeness (QED) is 0.643. The molecule has 2 rings (SSSR count). The molecule has 5 heteroatoms. The van der Waals surface area contributed by atoms with Crippen molar-refractivity contribution in [3.05, 3.63) is 29.6 Å². The standard InChI is InChI=1S/C18H28FN3O/c1-13(14-7-8-16(23-4)15(19)11-14)22-17(20-3)21-12-18(2)9-5-6-10-18/h7-8,11,13H,5-6,9-10,12H2,1-4H3,(H2,20,21,22). The van der Waals surface area contributed by atoms with Crippen molar-refractivity contribution in [2.24, 2.45) is 10.4 Å². The highest BCUT2D eigenvalue weighted by Crippen LogP contribution is 2.36. The van der Waals surface area contributed by atoms with Crippen molar-refractivity contribution in [2.45, 2.75) is 45.6 Å². The first-order chi connectivity index (χ1) is 11.0. The van der Waals surface area contributed by atoms with Gasteiger partial charge in [-0.3, -0.25) is 4.99 Å². The van der Waals surface area contributed by atoms with E-state index in [4.69, 9.17) is 4.74 Å². The second kappa shape index (κ2) is 7.66. The molecule has 0 aromatic heterocycles. The Morgan fingerprint density at radius 2 is 2.09 bits per heavy atom. The van der Waals surface area contributed by atoms with Gasteiger partial charge in [0, 0.05) is 13.6 Å². The van der Waals surface area contributed by atoms with Crippen molar-refractivity contribution in [2.75, 3.05) is 20.7 Å². The van der Waals surface area contributed by atoms with Gasteiger partial charge in [0.25, 0.3) is 0 Å². The van der Waals surface area contributed by atoms with Crippen LogP contribution in [-0.4, -0.2) is 26.7 Å². The molecular formula is C18H28FN3O. The van der Waals surface area contributed by atoms with Crippen molar-refractivity contribution in [1.29, 1.82) is 0 Å². The highest BCUT2D eigenvalue weighted by atomic mass is 19.1. The monoisotopic (exact) mass is 321 g/mol. The first-order valence-electron chi connectivity index (χ1n) is 8.28. The van der Waals surface area contributed by atoms with E-state index >= 15 is 0 Å². The number of rotatable bonds is 5. The zero-order valence-corrected chi connectivity index (χ0v) is 14.6. The third-order valence-corrected chi connectivity index (χ3v) is 4.75. The second-order valence-corrected chi connectivity index (χ2v) is 6.70. The highest BCUT2D eigenvalue weighted by Gasteiger charge is 2.28. The van der Waals surface area contributed by atoms with E-state index in [0.29, 0.717) is 5.41 Å². The average molecular weight is 321 g/mol. The molecule has 1 aliphatic carbocycles. The summed E-state index contributed by atoms with van der Waals surface area (Å²) in [4.78, 5) is 4.28. The molecule has 1 aromatic carbocycles. The topological polar surface area (TPSA) is 45.7 Å². The van der Waals surface area contributed by atoms with Gasteiger partial charge < -0.3 is 15.4 Å². The molecule has 4 nitrogen and oxygen atoms in total. The molecule has 0 heterocycles. The number of aliphatic imine (C=N–C) groups is 1. The molecule has 1 unspecified atom stereocenters. The van der Waals surface area contributed by atoms with Crippen LogP contribution in [0, 0.1) is 11.2 Å². The number of hydrogen-bond donors (Lipinski definition) is 2. The second-order valence-electron chi connectivity index (χ2n) is 6.70. The zero-order valence-electron chi connectivity index (χ0n) is 14.6. The van der Waals surface area contributed by atoms with Gasteiger partial charge in [0.2, 0.25) is 0 Å². The van der Waals surface area contributed by atoms with Crippen LogP contribution in [-0.2, 0) is 0 Å². The fourth-order valence-electron chi connectivity index (χ4n) is 3.14. The van der Waals surface area contributed by atoms with E-state index in [1.165, 1.54) is 38.9 Å². The SMILES string of the molecule is CN=C(NCC1(C)CCCC1)NC(C)c1ccc(OC)c(F)c1. The fraction of sp³-hybridized carbons (Fsp3) is 0.611. The highest BCUT2D eigenvalue weighted by molar-refractivity contribution is 5.80. The van der Waals surface area contributed by atoms with Crippen molar-refractivity contribution in [3.8, 4) is 5.75 Å². The van der Waals surface area contributed by atoms with Crippen LogP contribution in [0.25, 0.3) is 0 Å². The van der Waals surface area contributed by atoms with Gasteiger partial charge in [-0.2, -0.15) is 0 Å². The minimum atomic E-state index is -0.347. The summed E-state index contributed by atoms with van der Waals surface area (Å²) in [6.45, 7) is 5.23. The van der Waals surface area contributed by atoms with Crippen LogP contribution in [0.3, 0.4) is 0 Å². The predicted octanol–water partition coefficient (Wildman–Crippen LogP) is 3.64. The number of benzene rings is 1. The van der Waals surface area contributed by atoms with Crippen molar-refractivity contribution in [1.82, 2.24) is 10.6 Å². The van der Waals surface area contributed by atoms with Crippen molar-refractivity contribution >= 4 is 5.96 Å². The normalized spacial score (nSPS) is 18.6. The predicted molar refractivity (Wildman–Crippen MR) is 92.4 cm³/mol. The van der Waals surface area contributed by atoms with E-state index in [9.17, 15) is 4.39 Å². The lowest BCUT2D eigenvalue weighted by Gasteiger charge is -2.26. The summed E-state index contributed by atoms with van der Waals surface area (Å²) in [6.07, 6.45) is 5.14. The van der Waals surface area contributed by atoms with Gasteiger partial charge in [-0.15, -0.1) is 0 Å². The Bertz CT molecular complexity index is 553. The Hall–Kier alpha value is -1.78. The molecule has 1 saturated carbocycles. The van der Waals surface area contributed by atoms with Crippen LogP contribution < -0.4 is 15.4 Å². The number of ether oxygens (including phenoxy) is 1. The summed E-state index contributed by atoms with van der Waals surface area (Å²) in [6, 6.07) is 4.98. The van der Waals surface area contributed by atoms with Gasteiger partial charge in [0.1, 0.15) is 0 Å². The van der Waals surface area contributed by atoms with Crippen LogP contribution in [0.15, 0.2) is 23.2 Å². The number of methoxy groups -OCH3 is 1. The first-order valence-corrected chi connectivity index (χ1v) is 8.28. The van der Waals surface area contributed by atoms with E-state index in [1.807, 2.05) is 13.0 Å². The van der Waals surface area contributed by atoms with Gasteiger partial charge in [0.15, 0.2) is 17.5 Å². The van der Waals surface area contributed by atoms with Crippen molar-refractivity contribution in [3.63, 3.8) is 0 Å². The smallest absolute Gasteiger partial charge is 0.191 e. The lowest BCUT2D eigenvalue weighted by Crippen LogP contribution is -2.43. The van der Waals surface area contributed by atoms with Crippen LogP contribution in [0.4, 0.5) is 4.39 Å². The average Bonchev–Trinajstić information content (AvgIpc) is 2.98. The minimum Gasteiger partial charge on any atom is -0.494 e. The van der Waals surface area contributed by atoms with Crippen LogP contribution in [0.2, 0.25) is 0 Å². The molecule has 1 aliphatic rings. The van der Waals surface area contributed by atoms with Gasteiger partial charge >= 0.3 is 0 Å². The third-order valence-electron chi connectivity index (χ3n) is 4.75. The Labute approximate surface area is 138 Å². The molecule has 1 fully saturated rings. The van der Waals surface area contributed by atoms with Gasteiger partial charge in [-0.25, -0.2) is 4.39 Å². The molecule has 1 aromatic rings. The maximum atomic E-state index is 13.8. The number of nitrogens with zero attached hydrogens (tertiary/aromatic N) is 1. The molecule has 0 spiro atoms. The molecule has 2 N–H and O–H groups in total. The summed E-state index contributed by atoms with van der Waals surface area (Å²) in [7, 11) is 3.22. The number of nitrogens with one attached hydrogen (secondary N) is 2. The lowest BCUT2D eigenvalue weighted by atomic mass is 9.89. The maximum Gasteiger partial charge on any atom is 0.191 e. The number of guanidine groups is 1. The Kier molecular flexibility index (Phi) is 5.85. The summed E-state index contributed by atoms with van der Waals surface area (Å²) in [5.74, 6) is 0.666. The summed E-state index contributed by atoms with van der Waals surface area (Å²) >= 11 is 0. The molecule has 0 bridgehead atoms. The van der Waals surface area contributed by atoms with E-state index in [1.54, 1.807) is 13.1 Å². The first kappa shape index (κ1) is 17.6. The third kappa shape index (κ3) is 4.60. The largest absolute Gasteiger partial charge is 0.494 e. The summed E-state index contributed by atoms with van der Waals surface area (Å²) < 4.78 is 18.8. The molecule has 128 valence electrons. The summed E-state index contributed by atoms with van der Waals surface area (Å²) in [5, 5.41) is 6.73. The van der Waals surface area contributed by atoms with Crippen LogP contribution in [0.5, 0.6) is 5.75 Å². The minimum absolute atomic E-state index is 0.0435. The molecule has 0 radical (unpaired) electrons. The lowest BCUT2D eigenvalue weighted by molar-refractivity contribution is 0.333. The van der Waals surface area contributed by atoms with E-state index in [2.05, 4.69) is 22.5 Å². The van der Waals surface area contributed by atoms with Gasteiger partial charge in [0.05, 0.1) is 13.2 Å². The molecular weight excluding hydrogens is 293 g/mol. The maximum absolute atomic E-state index is 13.8. The van der Waals surface area contributed by atoms with Crippen molar-refractivity contribution < 1.29 is 9.13 Å². The Morgan fingerprint density at radius 3 is 2.65 bits per heavy atom. The summed E-state index contributed by atoms with van der Waals surface area (Å²) in [5.41, 5.74) is 1.21. The zero-order chi connectivity index (χ0) is 16.9. The molecule has 1 atom stereocenters. The molecule has 0 saturated heterocycles. The van der Waals surface area contributed by atoms with E-state index < -0.39 is 0 Å². The van der Waals surface area contributed by atoms with Gasteiger partial charge in [-0.05, 0) is 42.9 Å². The van der Waals surface area contributed by atoms with E-state index in [0.717, 1.165) is 18.1 Å². The Morgan fingerprint density at radius 1 is 1.39 bits per heavy atom. The Balaban J connectivity index is 1.94. The van der Waals surface area contributed by atoms with Crippen LogP contribution in [0.1, 0.15) is 51.1 Å².